The van der Waals surface area contributed by atoms with E-state index in [1.165, 1.54) is 18.2 Å². The minimum absolute atomic E-state index is 0.0775. The number of benzene rings is 1. The molecule has 0 saturated carbocycles. The summed E-state index contributed by atoms with van der Waals surface area (Å²) in [7, 11) is 0. The van der Waals surface area contributed by atoms with Gasteiger partial charge in [0.15, 0.2) is 0 Å². The van der Waals surface area contributed by atoms with Gasteiger partial charge in [0.05, 0.1) is 6.10 Å². The highest BCUT2D eigenvalue weighted by atomic mass is 19.1. The summed E-state index contributed by atoms with van der Waals surface area (Å²) in [6, 6.07) is 4.55. The van der Waals surface area contributed by atoms with E-state index in [0.717, 1.165) is 25.6 Å². The summed E-state index contributed by atoms with van der Waals surface area (Å²) in [5.41, 5.74) is 0. The Morgan fingerprint density at radius 3 is 2.28 bits per heavy atom. The summed E-state index contributed by atoms with van der Waals surface area (Å²) in [4.78, 5) is 0. The second-order valence-electron chi connectivity index (χ2n) is 4.73. The minimum Gasteiger partial charge on any atom is -0.392 e. The zero-order valence-corrected chi connectivity index (χ0v) is 10.9. The van der Waals surface area contributed by atoms with E-state index < -0.39 is 11.6 Å². The van der Waals surface area contributed by atoms with Crippen molar-refractivity contribution in [1.82, 2.24) is 5.32 Å². The van der Waals surface area contributed by atoms with Gasteiger partial charge in [-0.15, -0.1) is 0 Å². The normalized spacial score (nSPS) is 27.3. The highest BCUT2D eigenvalue weighted by Crippen LogP contribution is 2.18. The third-order valence-electron chi connectivity index (χ3n) is 3.25. The van der Waals surface area contributed by atoms with Crippen molar-refractivity contribution >= 4 is 0 Å². The molecule has 0 aromatic heterocycles. The molecule has 0 amide bonds. The first-order chi connectivity index (χ1) is 8.54. The molecular weight excluding hydrogens is 236 g/mol. The van der Waals surface area contributed by atoms with Gasteiger partial charge in [-0.25, -0.2) is 8.78 Å². The Morgan fingerprint density at radius 1 is 1.28 bits per heavy atom. The molecule has 3 unspecified atom stereocenters. The number of halogens is 2. The van der Waals surface area contributed by atoms with Crippen molar-refractivity contribution in [2.45, 2.75) is 26.4 Å². The molecule has 0 bridgehead atoms. The lowest BCUT2D eigenvalue weighted by molar-refractivity contribution is 0.0338. The van der Waals surface area contributed by atoms with Gasteiger partial charge in [0.2, 0.25) is 0 Å². The van der Waals surface area contributed by atoms with Crippen molar-refractivity contribution in [1.29, 1.82) is 0 Å². The molecule has 0 radical (unpaired) electrons. The minimum atomic E-state index is -0.537. The lowest BCUT2D eigenvalue weighted by Gasteiger charge is -2.32. The van der Waals surface area contributed by atoms with Crippen LogP contribution in [0.15, 0.2) is 24.3 Å². The predicted molar refractivity (Wildman–Crippen MR) is 68.2 cm³/mol. The maximum Gasteiger partial charge on any atom is 0.126 e. The molecule has 18 heavy (non-hydrogen) atoms. The zero-order valence-electron chi connectivity index (χ0n) is 10.9. The Bertz CT molecular complexity index is 342. The van der Waals surface area contributed by atoms with E-state index >= 15 is 0 Å². The van der Waals surface area contributed by atoms with Crippen LogP contribution < -0.4 is 5.32 Å². The monoisotopic (exact) mass is 257 g/mol. The van der Waals surface area contributed by atoms with E-state index in [-0.39, 0.29) is 6.10 Å². The maximum absolute atomic E-state index is 11.9. The third-order valence-corrected chi connectivity index (χ3v) is 3.25. The molecule has 1 aliphatic rings. The second-order valence-corrected chi connectivity index (χ2v) is 4.73. The fraction of sp³-hybridized carbons (Fsp3) is 0.571. The maximum atomic E-state index is 11.9. The molecule has 102 valence electrons. The number of nitrogens with one attached hydrogen (secondary N) is 1. The van der Waals surface area contributed by atoms with E-state index in [0.29, 0.717) is 11.8 Å². The van der Waals surface area contributed by atoms with Crippen LogP contribution in [0.4, 0.5) is 8.78 Å². The van der Waals surface area contributed by atoms with Gasteiger partial charge in [0.1, 0.15) is 11.6 Å². The van der Waals surface area contributed by atoms with Crippen molar-refractivity contribution in [3.8, 4) is 0 Å². The largest absolute Gasteiger partial charge is 0.392 e. The zero-order chi connectivity index (χ0) is 13.5. The van der Waals surface area contributed by atoms with Crippen LogP contribution in [-0.4, -0.2) is 24.3 Å². The molecule has 2 rings (SSSR count). The van der Waals surface area contributed by atoms with Crippen LogP contribution in [0.25, 0.3) is 0 Å². The summed E-state index contributed by atoms with van der Waals surface area (Å²) in [6.45, 7) is 6.19. The molecule has 1 fully saturated rings. The van der Waals surface area contributed by atoms with Crippen molar-refractivity contribution in [2.24, 2.45) is 11.8 Å². The molecule has 0 aliphatic carbocycles. The van der Waals surface area contributed by atoms with Gasteiger partial charge in [-0.2, -0.15) is 0 Å². The van der Waals surface area contributed by atoms with Gasteiger partial charge >= 0.3 is 0 Å². The quantitative estimate of drug-likeness (QED) is 0.810. The van der Waals surface area contributed by atoms with Crippen molar-refractivity contribution < 1.29 is 13.9 Å². The van der Waals surface area contributed by atoms with Crippen molar-refractivity contribution in [3.63, 3.8) is 0 Å². The summed E-state index contributed by atoms with van der Waals surface area (Å²) in [5, 5.41) is 12.9. The van der Waals surface area contributed by atoms with E-state index in [2.05, 4.69) is 19.2 Å². The molecule has 1 aliphatic heterocycles. The first-order valence-electron chi connectivity index (χ1n) is 6.34. The first-order valence-corrected chi connectivity index (χ1v) is 6.34. The van der Waals surface area contributed by atoms with Crippen LogP contribution in [0.3, 0.4) is 0 Å². The number of rotatable bonds is 1. The Labute approximate surface area is 107 Å². The molecule has 2 nitrogen and oxygen atoms in total. The van der Waals surface area contributed by atoms with E-state index in [1.54, 1.807) is 0 Å². The summed E-state index contributed by atoms with van der Waals surface area (Å²) in [5.74, 6) is -0.169. The molecule has 1 heterocycles. The fourth-order valence-electron chi connectivity index (χ4n) is 2.05. The second kappa shape index (κ2) is 7.44. The van der Waals surface area contributed by atoms with Gasteiger partial charge in [0, 0.05) is 19.2 Å². The molecule has 0 spiro atoms. The molecule has 1 aromatic carbocycles. The smallest absolute Gasteiger partial charge is 0.126 e. The van der Waals surface area contributed by atoms with Crippen LogP contribution >= 0.6 is 0 Å². The van der Waals surface area contributed by atoms with Crippen molar-refractivity contribution in [3.05, 3.63) is 35.9 Å². The fourth-order valence-corrected chi connectivity index (χ4v) is 2.05. The molecule has 3 atom stereocenters. The Hall–Kier alpha value is -1.00. The topological polar surface area (TPSA) is 32.3 Å². The van der Waals surface area contributed by atoms with E-state index in [1.807, 2.05) is 0 Å². The highest BCUT2D eigenvalue weighted by Gasteiger charge is 2.26. The SMILES string of the molecule is CCC1CNCC(C)C1O.Fc1cccc(F)c1. The molecular formula is C14H21F2NO. The number of hydrogen-bond acceptors (Lipinski definition) is 2. The molecule has 4 heteroatoms. The molecule has 1 saturated heterocycles. The Balaban J connectivity index is 0.000000184. The van der Waals surface area contributed by atoms with Gasteiger partial charge in [-0.1, -0.05) is 19.9 Å². The van der Waals surface area contributed by atoms with Gasteiger partial charge in [-0.05, 0) is 30.4 Å². The third kappa shape index (κ3) is 4.70. The van der Waals surface area contributed by atoms with E-state index in [9.17, 15) is 13.9 Å². The van der Waals surface area contributed by atoms with Gasteiger partial charge in [-0.3, -0.25) is 0 Å². The van der Waals surface area contributed by atoms with Gasteiger partial charge < -0.3 is 10.4 Å². The molecule has 2 N–H and O–H groups in total. The Kier molecular flexibility index (Phi) is 6.22. The number of piperidine rings is 1. The Morgan fingerprint density at radius 2 is 1.89 bits per heavy atom. The standard InChI is InChI=1S/C8H17NO.C6H4F2/c1-3-7-5-9-4-6(2)8(7)10;7-5-2-1-3-6(8)4-5/h6-10H,3-5H2,1-2H3;1-4H. The van der Waals surface area contributed by atoms with Gasteiger partial charge in [0.25, 0.3) is 0 Å². The number of hydrogen-bond donors (Lipinski definition) is 2. The average molecular weight is 257 g/mol. The highest BCUT2D eigenvalue weighted by molar-refractivity contribution is 5.04. The van der Waals surface area contributed by atoms with E-state index in [4.69, 9.17) is 0 Å². The summed E-state index contributed by atoms with van der Waals surface area (Å²) in [6.07, 6.45) is 1.00. The van der Waals surface area contributed by atoms with Crippen molar-refractivity contribution in [2.75, 3.05) is 13.1 Å². The summed E-state index contributed by atoms with van der Waals surface area (Å²) >= 11 is 0. The van der Waals surface area contributed by atoms with Crippen LogP contribution in [0.2, 0.25) is 0 Å². The number of aliphatic hydroxyl groups excluding tert-OH is 1. The van der Waals surface area contributed by atoms with Crippen LogP contribution in [0.1, 0.15) is 20.3 Å². The lowest BCUT2D eigenvalue weighted by atomic mass is 9.87. The first kappa shape index (κ1) is 15.1. The molecule has 1 aromatic rings. The lowest BCUT2D eigenvalue weighted by Crippen LogP contribution is -2.45. The van der Waals surface area contributed by atoms with Crippen LogP contribution in [-0.2, 0) is 0 Å². The van der Waals surface area contributed by atoms with Crippen LogP contribution in [0, 0.1) is 23.5 Å². The number of aliphatic hydroxyl groups is 1. The van der Waals surface area contributed by atoms with Crippen LogP contribution in [0.5, 0.6) is 0 Å². The average Bonchev–Trinajstić information content (AvgIpc) is 2.33. The summed E-state index contributed by atoms with van der Waals surface area (Å²) < 4.78 is 23.9. The predicted octanol–water partition coefficient (Wildman–Crippen LogP) is 2.58.